The first-order valence-electron chi connectivity index (χ1n) is 14.7. The monoisotopic (exact) mass is 576 g/mol. The second kappa shape index (κ2) is 11.6. The maximum absolute atomic E-state index is 12.5. The average molecular weight is 577 g/mol. The highest BCUT2D eigenvalue weighted by atomic mass is 16.6. The van der Waals surface area contributed by atoms with Gasteiger partial charge in [-0.25, -0.2) is 15.0 Å². The Bertz CT molecular complexity index is 1560. The number of ether oxygens (including phenoxy) is 2. The van der Waals surface area contributed by atoms with Crippen LogP contribution in [0.2, 0.25) is 0 Å². The summed E-state index contributed by atoms with van der Waals surface area (Å²) in [5, 5.41) is 28.7. The molecule has 4 N–H and O–H groups in total. The number of hydrogen-bond donors (Lipinski definition) is 4. The summed E-state index contributed by atoms with van der Waals surface area (Å²) in [7, 11) is 0. The summed E-state index contributed by atoms with van der Waals surface area (Å²) >= 11 is 0. The first kappa shape index (κ1) is 27.2. The molecule has 222 valence electrons. The summed E-state index contributed by atoms with van der Waals surface area (Å²) in [4.78, 5) is 28.2. The van der Waals surface area contributed by atoms with Crippen molar-refractivity contribution < 1.29 is 24.5 Å². The SMILES string of the molecule is O=C(NC1CC1)[C@H]1OC(n2cnc3c(NCCc4cn(CCN5CCOCC5)c5ccccc45)ncnc32)[C@H](O)[C@@H]1O. The molecule has 1 aliphatic carbocycles. The normalized spacial score (nSPS) is 24.9. The van der Waals surface area contributed by atoms with Gasteiger partial charge >= 0.3 is 0 Å². The fraction of sp³-hybridized carbons (Fsp3) is 0.517. The van der Waals surface area contributed by atoms with Crippen LogP contribution in [-0.4, -0.2) is 109 Å². The molecule has 0 spiro atoms. The summed E-state index contributed by atoms with van der Waals surface area (Å²) in [6, 6.07) is 8.60. The first-order valence-corrected chi connectivity index (χ1v) is 14.7. The number of carbonyl (C=O) groups is 1. The highest BCUT2D eigenvalue weighted by molar-refractivity contribution is 5.85. The Balaban J connectivity index is 1.03. The van der Waals surface area contributed by atoms with Gasteiger partial charge in [-0.2, -0.15) is 0 Å². The summed E-state index contributed by atoms with van der Waals surface area (Å²) < 4.78 is 15.2. The molecule has 1 saturated carbocycles. The number of hydrogen-bond acceptors (Lipinski definition) is 10. The molecule has 4 atom stereocenters. The lowest BCUT2D eigenvalue weighted by Crippen LogP contribution is -2.43. The number of anilines is 1. The lowest BCUT2D eigenvalue weighted by Gasteiger charge is -2.26. The van der Waals surface area contributed by atoms with Gasteiger partial charge < -0.3 is 34.9 Å². The van der Waals surface area contributed by atoms with Crippen LogP contribution in [0.3, 0.4) is 0 Å². The number of benzene rings is 1. The predicted octanol–water partition coefficient (Wildman–Crippen LogP) is 0.666. The van der Waals surface area contributed by atoms with Crippen molar-refractivity contribution in [1.82, 2.24) is 34.3 Å². The van der Waals surface area contributed by atoms with Crippen molar-refractivity contribution >= 4 is 33.8 Å². The summed E-state index contributed by atoms with van der Waals surface area (Å²) in [5.41, 5.74) is 3.43. The van der Waals surface area contributed by atoms with E-state index >= 15 is 0 Å². The Labute approximate surface area is 242 Å². The molecule has 42 heavy (non-hydrogen) atoms. The molecule has 4 aromatic rings. The van der Waals surface area contributed by atoms with E-state index in [1.807, 2.05) is 0 Å². The van der Waals surface area contributed by atoms with E-state index in [9.17, 15) is 15.0 Å². The predicted molar refractivity (Wildman–Crippen MR) is 154 cm³/mol. The second-order valence-electron chi connectivity index (χ2n) is 11.3. The lowest BCUT2D eigenvalue weighted by atomic mass is 10.1. The largest absolute Gasteiger partial charge is 0.387 e. The number of nitrogens with zero attached hydrogens (tertiary/aromatic N) is 6. The van der Waals surface area contributed by atoms with Gasteiger partial charge in [-0.1, -0.05) is 18.2 Å². The van der Waals surface area contributed by atoms with Gasteiger partial charge in [-0.15, -0.1) is 0 Å². The van der Waals surface area contributed by atoms with Crippen LogP contribution in [0.5, 0.6) is 0 Å². The Morgan fingerprint density at radius 3 is 2.71 bits per heavy atom. The van der Waals surface area contributed by atoms with Gasteiger partial charge in [0.1, 0.15) is 18.5 Å². The molecule has 13 nitrogen and oxygen atoms in total. The van der Waals surface area contributed by atoms with Crippen molar-refractivity contribution in [3.05, 3.63) is 48.7 Å². The minimum Gasteiger partial charge on any atom is -0.387 e. The molecular formula is C29H36N8O5. The van der Waals surface area contributed by atoms with E-state index in [4.69, 9.17) is 9.47 Å². The number of morpholine rings is 1. The van der Waals surface area contributed by atoms with E-state index in [0.717, 1.165) is 58.7 Å². The summed E-state index contributed by atoms with van der Waals surface area (Å²) in [6.07, 6.45) is 2.93. The number of carbonyl (C=O) groups excluding carboxylic acids is 1. The number of nitrogens with one attached hydrogen (secondary N) is 2. The van der Waals surface area contributed by atoms with E-state index in [-0.39, 0.29) is 6.04 Å². The molecule has 0 radical (unpaired) electrons. The van der Waals surface area contributed by atoms with Crippen LogP contribution in [0.25, 0.3) is 22.1 Å². The number of aliphatic hydroxyl groups is 2. The molecular weight excluding hydrogens is 540 g/mol. The highest BCUT2D eigenvalue weighted by Gasteiger charge is 2.48. The standard InChI is InChI=1S/C29H36N8O5/c38-23-24(39)29(42-25(23)28(40)34-19-5-6-19)37-17-33-22-26(31-16-32-27(22)37)30-8-7-18-15-36(21-4-2-1-3-20(18)21)10-9-35-11-13-41-14-12-35/h1-4,15-17,19,23-25,29,38-39H,5-14H2,(H,34,40)(H,30,31,32)/t23-,24+,25-,29?/m0/s1. The number of aromatic nitrogens is 5. The van der Waals surface area contributed by atoms with E-state index in [2.05, 4.69) is 65.5 Å². The van der Waals surface area contributed by atoms with E-state index in [1.54, 1.807) is 4.57 Å². The molecule has 3 fully saturated rings. The minimum absolute atomic E-state index is 0.117. The van der Waals surface area contributed by atoms with Crippen molar-refractivity contribution in [3.63, 3.8) is 0 Å². The van der Waals surface area contributed by atoms with Crippen molar-refractivity contribution in [2.45, 2.75) is 56.4 Å². The molecule has 1 aromatic carbocycles. The van der Waals surface area contributed by atoms with Crippen LogP contribution >= 0.6 is 0 Å². The topological polar surface area (TPSA) is 152 Å². The Kier molecular flexibility index (Phi) is 7.50. The summed E-state index contributed by atoms with van der Waals surface area (Å²) in [5.74, 6) is 0.140. The third-order valence-corrected chi connectivity index (χ3v) is 8.37. The minimum atomic E-state index is -1.36. The van der Waals surface area contributed by atoms with Gasteiger partial charge in [0.05, 0.1) is 19.5 Å². The van der Waals surface area contributed by atoms with Gasteiger partial charge in [-0.05, 0) is 30.9 Å². The third kappa shape index (κ3) is 5.34. The Morgan fingerprint density at radius 2 is 1.88 bits per heavy atom. The molecule has 1 unspecified atom stereocenters. The van der Waals surface area contributed by atoms with Gasteiger partial charge in [0.2, 0.25) is 0 Å². The molecule has 2 aliphatic heterocycles. The third-order valence-electron chi connectivity index (χ3n) is 8.37. The van der Waals surface area contributed by atoms with Crippen LogP contribution in [0, 0.1) is 0 Å². The van der Waals surface area contributed by atoms with Gasteiger partial charge in [0.15, 0.2) is 29.3 Å². The molecule has 0 bridgehead atoms. The van der Waals surface area contributed by atoms with Crippen molar-refractivity contribution in [3.8, 4) is 0 Å². The fourth-order valence-corrected chi connectivity index (χ4v) is 5.88. The number of aliphatic hydroxyl groups excluding tert-OH is 2. The summed E-state index contributed by atoms with van der Waals surface area (Å²) in [6.45, 7) is 6.08. The Morgan fingerprint density at radius 1 is 1.05 bits per heavy atom. The van der Waals surface area contributed by atoms with Crippen LogP contribution in [0.1, 0.15) is 24.6 Å². The van der Waals surface area contributed by atoms with Crippen LogP contribution in [0.4, 0.5) is 5.82 Å². The zero-order valence-electron chi connectivity index (χ0n) is 23.3. The molecule has 7 rings (SSSR count). The van der Waals surface area contributed by atoms with Crippen LogP contribution in [0.15, 0.2) is 43.1 Å². The number of imidazole rings is 1. The van der Waals surface area contributed by atoms with E-state index in [1.165, 1.54) is 29.1 Å². The number of amides is 1. The second-order valence-corrected chi connectivity index (χ2v) is 11.3. The number of rotatable bonds is 10. The quantitative estimate of drug-likeness (QED) is 0.212. The van der Waals surface area contributed by atoms with E-state index < -0.39 is 30.4 Å². The smallest absolute Gasteiger partial charge is 0.252 e. The average Bonchev–Trinajstić information content (AvgIpc) is 3.49. The molecule has 3 aromatic heterocycles. The van der Waals surface area contributed by atoms with Crippen molar-refractivity contribution in [2.75, 3.05) is 44.7 Å². The van der Waals surface area contributed by atoms with Crippen molar-refractivity contribution in [2.24, 2.45) is 0 Å². The molecule has 5 heterocycles. The first-order chi connectivity index (χ1) is 20.6. The van der Waals surface area contributed by atoms with Gasteiger partial charge in [0, 0.05) is 55.9 Å². The van der Waals surface area contributed by atoms with Crippen LogP contribution < -0.4 is 10.6 Å². The molecule has 3 aliphatic rings. The molecule has 13 heteroatoms. The number of para-hydroxylation sites is 1. The van der Waals surface area contributed by atoms with Crippen LogP contribution in [-0.2, 0) is 27.2 Å². The maximum atomic E-state index is 12.5. The van der Waals surface area contributed by atoms with Gasteiger partial charge in [0.25, 0.3) is 5.91 Å². The molecule has 2 saturated heterocycles. The fourth-order valence-electron chi connectivity index (χ4n) is 5.88. The zero-order chi connectivity index (χ0) is 28.6. The van der Waals surface area contributed by atoms with E-state index in [0.29, 0.717) is 23.5 Å². The lowest BCUT2D eigenvalue weighted by molar-refractivity contribution is -0.137. The maximum Gasteiger partial charge on any atom is 0.252 e. The van der Waals surface area contributed by atoms with Crippen molar-refractivity contribution in [1.29, 1.82) is 0 Å². The van der Waals surface area contributed by atoms with Gasteiger partial charge in [-0.3, -0.25) is 14.3 Å². The Hall–Kier alpha value is -3.62. The molecule has 1 amide bonds. The number of fused-ring (bicyclic) bond motifs is 2. The zero-order valence-corrected chi connectivity index (χ0v) is 23.3. The highest BCUT2D eigenvalue weighted by Crippen LogP contribution is 2.33.